The van der Waals surface area contributed by atoms with Gasteiger partial charge in [0.15, 0.2) is 5.78 Å². The Bertz CT molecular complexity index is 851. The Kier molecular flexibility index (Phi) is 3.76. The third-order valence-corrected chi connectivity index (χ3v) is 4.16. The minimum Gasteiger partial charge on any atom is -0.295 e. The summed E-state index contributed by atoms with van der Waals surface area (Å²) >= 11 is 0. The lowest BCUT2D eigenvalue weighted by atomic mass is 9.87. The fourth-order valence-corrected chi connectivity index (χ4v) is 2.90. The van der Waals surface area contributed by atoms with Crippen LogP contribution in [0.5, 0.6) is 0 Å². The third-order valence-electron chi connectivity index (χ3n) is 4.16. The normalized spacial score (nSPS) is 12.3. The summed E-state index contributed by atoms with van der Waals surface area (Å²) in [5.74, 6) is -0.134. The standard InChI is InChI=1S/C20H17FO/c1-13(17-7-3-4-8-18(17)14(2)22)16-11-10-15-6-5-9-20(21)19(15)12-16/h3-13H,1-2H3. The van der Waals surface area contributed by atoms with Gasteiger partial charge in [-0.15, -0.1) is 0 Å². The zero-order valence-electron chi connectivity index (χ0n) is 12.6. The molecule has 1 nitrogen and oxygen atoms in total. The first kappa shape index (κ1) is 14.5. The average molecular weight is 292 g/mol. The number of hydrogen-bond acceptors (Lipinski definition) is 1. The quantitative estimate of drug-likeness (QED) is 0.596. The van der Waals surface area contributed by atoms with Crippen molar-refractivity contribution in [1.29, 1.82) is 0 Å². The molecule has 0 bridgehead atoms. The van der Waals surface area contributed by atoms with Crippen LogP contribution < -0.4 is 0 Å². The smallest absolute Gasteiger partial charge is 0.160 e. The fourth-order valence-electron chi connectivity index (χ4n) is 2.90. The maximum absolute atomic E-state index is 14.0. The number of carbonyl (C=O) groups excluding carboxylic acids is 1. The molecular formula is C20H17FO. The van der Waals surface area contributed by atoms with Gasteiger partial charge in [0.1, 0.15) is 5.82 Å². The van der Waals surface area contributed by atoms with Gasteiger partial charge in [0, 0.05) is 16.9 Å². The number of rotatable bonds is 3. The third kappa shape index (κ3) is 2.52. The summed E-state index contributed by atoms with van der Waals surface area (Å²) in [4.78, 5) is 11.8. The highest BCUT2D eigenvalue weighted by Gasteiger charge is 2.15. The Morgan fingerprint density at radius 1 is 1.00 bits per heavy atom. The van der Waals surface area contributed by atoms with Crippen LogP contribution in [0.25, 0.3) is 10.8 Å². The van der Waals surface area contributed by atoms with Crippen LogP contribution in [-0.2, 0) is 0 Å². The molecule has 3 rings (SSSR count). The van der Waals surface area contributed by atoms with E-state index in [1.165, 1.54) is 6.07 Å². The van der Waals surface area contributed by atoms with E-state index in [9.17, 15) is 9.18 Å². The summed E-state index contributed by atoms with van der Waals surface area (Å²) in [6.45, 7) is 3.62. The van der Waals surface area contributed by atoms with Crippen molar-refractivity contribution in [3.8, 4) is 0 Å². The molecule has 0 aliphatic rings. The molecule has 0 radical (unpaired) electrons. The summed E-state index contributed by atoms with van der Waals surface area (Å²) in [5.41, 5.74) is 2.71. The molecule has 0 N–H and O–H groups in total. The molecule has 1 unspecified atom stereocenters. The lowest BCUT2D eigenvalue weighted by Gasteiger charge is -2.16. The molecule has 3 aromatic carbocycles. The number of hydrogen-bond donors (Lipinski definition) is 0. The van der Waals surface area contributed by atoms with Gasteiger partial charge in [-0.3, -0.25) is 4.79 Å². The molecule has 1 atom stereocenters. The van der Waals surface area contributed by atoms with E-state index in [1.807, 2.05) is 55.5 Å². The molecule has 0 spiro atoms. The molecule has 0 aromatic heterocycles. The summed E-state index contributed by atoms with van der Waals surface area (Å²) in [7, 11) is 0. The van der Waals surface area contributed by atoms with Crippen LogP contribution in [-0.4, -0.2) is 5.78 Å². The Morgan fingerprint density at radius 2 is 1.77 bits per heavy atom. The largest absolute Gasteiger partial charge is 0.295 e. The fraction of sp³-hybridized carbons (Fsp3) is 0.150. The lowest BCUT2D eigenvalue weighted by molar-refractivity contribution is 0.101. The monoisotopic (exact) mass is 292 g/mol. The summed E-state index contributed by atoms with van der Waals surface area (Å²) in [6, 6.07) is 18.5. The second-order valence-corrected chi connectivity index (χ2v) is 5.59. The van der Waals surface area contributed by atoms with Gasteiger partial charge in [-0.25, -0.2) is 4.39 Å². The second kappa shape index (κ2) is 5.72. The summed E-state index contributed by atoms with van der Waals surface area (Å²) in [6.07, 6.45) is 0. The highest BCUT2D eigenvalue weighted by Crippen LogP contribution is 2.30. The van der Waals surface area contributed by atoms with Crippen LogP contribution >= 0.6 is 0 Å². The van der Waals surface area contributed by atoms with Crippen molar-refractivity contribution in [2.45, 2.75) is 19.8 Å². The van der Waals surface area contributed by atoms with E-state index in [-0.39, 0.29) is 17.5 Å². The predicted molar refractivity (Wildman–Crippen MR) is 87.9 cm³/mol. The van der Waals surface area contributed by atoms with Crippen molar-refractivity contribution in [3.05, 3.63) is 83.2 Å². The number of carbonyl (C=O) groups is 1. The molecule has 0 aliphatic carbocycles. The Morgan fingerprint density at radius 3 is 2.55 bits per heavy atom. The van der Waals surface area contributed by atoms with E-state index in [1.54, 1.807) is 13.0 Å². The van der Waals surface area contributed by atoms with Crippen LogP contribution in [0.4, 0.5) is 4.39 Å². The van der Waals surface area contributed by atoms with Gasteiger partial charge < -0.3 is 0 Å². The van der Waals surface area contributed by atoms with E-state index in [2.05, 4.69) is 0 Å². The number of ketones is 1. The molecule has 0 fully saturated rings. The van der Waals surface area contributed by atoms with Crippen LogP contribution in [0.1, 0.15) is 41.3 Å². The first-order valence-corrected chi connectivity index (χ1v) is 7.36. The summed E-state index contributed by atoms with van der Waals surface area (Å²) < 4.78 is 14.0. The minimum absolute atomic E-state index is 0.0316. The zero-order chi connectivity index (χ0) is 15.7. The van der Waals surface area contributed by atoms with E-state index in [4.69, 9.17) is 0 Å². The van der Waals surface area contributed by atoms with Gasteiger partial charge in [0.25, 0.3) is 0 Å². The number of Topliss-reactive ketones (excluding diaryl/α,β-unsaturated/α-hetero) is 1. The van der Waals surface area contributed by atoms with Gasteiger partial charge in [-0.2, -0.15) is 0 Å². The average Bonchev–Trinajstić information content (AvgIpc) is 2.54. The Balaban J connectivity index is 2.11. The highest BCUT2D eigenvalue weighted by atomic mass is 19.1. The maximum Gasteiger partial charge on any atom is 0.160 e. The van der Waals surface area contributed by atoms with Crippen molar-refractivity contribution in [1.82, 2.24) is 0 Å². The second-order valence-electron chi connectivity index (χ2n) is 5.59. The van der Waals surface area contributed by atoms with Crippen molar-refractivity contribution < 1.29 is 9.18 Å². The number of halogens is 1. The van der Waals surface area contributed by atoms with Gasteiger partial charge in [0.05, 0.1) is 0 Å². The SMILES string of the molecule is CC(=O)c1ccccc1C(C)c1ccc2cccc(F)c2c1. The lowest BCUT2D eigenvalue weighted by Crippen LogP contribution is -2.04. The molecular weight excluding hydrogens is 275 g/mol. The zero-order valence-corrected chi connectivity index (χ0v) is 12.6. The van der Waals surface area contributed by atoms with Gasteiger partial charge in [-0.05, 0) is 35.6 Å². The molecule has 0 saturated heterocycles. The van der Waals surface area contributed by atoms with E-state index in [0.717, 1.165) is 22.1 Å². The van der Waals surface area contributed by atoms with Crippen molar-refractivity contribution in [2.75, 3.05) is 0 Å². The highest BCUT2D eigenvalue weighted by molar-refractivity contribution is 5.96. The van der Waals surface area contributed by atoms with E-state index in [0.29, 0.717) is 5.39 Å². The van der Waals surface area contributed by atoms with Crippen LogP contribution in [0.3, 0.4) is 0 Å². The van der Waals surface area contributed by atoms with Crippen molar-refractivity contribution >= 4 is 16.6 Å². The molecule has 110 valence electrons. The molecule has 0 saturated carbocycles. The molecule has 0 amide bonds. The molecule has 22 heavy (non-hydrogen) atoms. The van der Waals surface area contributed by atoms with Crippen LogP contribution in [0.15, 0.2) is 60.7 Å². The summed E-state index contributed by atoms with van der Waals surface area (Å²) in [5, 5.41) is 1.50. The number of fused-ring (bicyclic) bond motifs is 1. The van der Waals surface area contributed by atoms with Crippen LogP contribution in [0.2, 0.25) is 0 Å². The van der Waals surface area contributed by atoms with Crippen molar-refractivity contribution in [2.24, 2.45) is 0 Å². The van der Waals surface area contributed by atoms with Crippen molar-refractivity contribution in [3.63, 3.8) is 0 Å². The maximum atomic E-state index is 14.0. The Hall–Kier alpha value is -2.48. The van der Waals surface area contributed by atoms with E-state index < -0.39 is 0 Å². The minimum atomic E-state index is -0.216. The van der Waals surface area contributed by atoms with Gasteiger partial charge >= 0.3 is 0 Å². The van der Waals surface area contributed by atoms with Crippen LogP contribution in [0, 0.1) is 5.82 Å². The first-order chi connectivity index (χ1) is 10.6. The van der Waals surface area contributed by atoms with Gasteiger partial charge in [0.2, 0.25) is 0 Å². The van der Waals surface area contributed by atoms with E-state index >= 15 is 0 Å². The number of benzene rings is 3. The Labute approximate surface area is 129 Å². The molecule has 0 aliphatic heterocycles. The topological polar surface area (TPSA) is 17.1 Å². The molecule has 2 heteroatoms. The predicted octanol–water partition coefficient (Wildman–Crippen LogP) is 5.33. The molecule has 3 aromatic rings. The first-order valence-electron chi connectivity index (χ1n) is 7.36. The molecule has 0 heterocycles. The van der Waals surface area contributed by atoms with Gasteiger partial charge in [-0.1, -0.05) is 55.5 Å².